The first-order valence-electron chi connectivity index (χ1n) is 6.53. The van der Waals surface area contributed by atoms with E-state index in [-0.39, 0.29) is 6.54 Å². The molecule has 1 aromatic rings. The minimum absolute atomic E-state index is 0.137. The van der Waals surface area contributed by atoms with Crippen LogP contribution < -0.4 is 10.5 Å². The third kappa shape index (κ3) is 3.23. The Morgan fingerprint density at radius 3 is 2.84 bits per heavy atom. The molecular weight excluding hydrogens is 244 g/mol. The van der Waals surface area contributed by atoms with Gasteiger partial charge in [0.25, 0.3) is 0 Å². The van der Waals surface area contributed by atoms with Gasteiger partial charge in [0.2, 0.25) is 5.88 Å². The summed E-state index contributed by atoms with van der Waals surface area (Å²) in [6.07, 6.45) is 3.21. The van der Waals surface area contributed by atoms with Crippen LogP contribution >= 0.6 is 0 Å². The molecule has 3 N–H and O–H groups in total. The molecule has 5 nitrogen and oxygen atoms in total. The van der Waals surface area contributed by atoms with E-state index >= 15 is 0 Å². The predicted molar refractivity (Wildman–Crippen MR) is 71.0 cm³/mol. The number of carbonyl (C=O) groups is 1. The minimum Gasteiger partial charge on any atom is -0.481 e. The third-order valence-corrected chi connectivity index (χ3v) is 3.73. The standard InChI is InChI=1S/C14H20N2O3/c1-19-12-4-2-3-11(16-12)8-14(9-15,13(17)18)7-10-5-6-10/h2-4,10H,5-9,15H2,1H3,(H,17,18). The fourth-order valence-corrected chi connectivity index (χ4v) is 2.37. The maximum Gasteiger partial charge on any atom is 0.311 e. The largest absolute Gasteiger partial charge is 0.481 e. The second-order valence-corrected chi connectivity index (χ2v) is 5.29. The van der Waals surface area contributed by atoms with Crippen molar-refractivity contribution < 1.29 is 14.6 Å². The molecule has 1 saturated carbocycles. The SMILES string of the molecule is COc1cccc(CC(CN)(CC2CC2)C(=O)O)n1. The maximum absolute atomic E-state index is 11.6. The van der Waals surface area contributed by atoms with Gasteiger partial charge in [0.1, 0.15) is 0 Å². The molecule has 0 radical (unpaired) electrons. The number of nitrogens with zero attached hydrogens (tertiary/aromatic N) is 1. The Balaban J connectivity index is 2.20. The summed E-state index contributed by atoms with van der Waals surface area (Å²) in [7, 11) is 1.55. The van der Waals surface area contributed by atoms with Crippen LogP contribution in [0.1, 0.15) is 25.0 Å². The van der Waals surface area contributed by atoms with Crippen molar-refractivity contribution in [3.63, 3.8) is 0 Å². The molecule has 0 saturated heterocycles. The molecule has 1 unspecified atom stereocenters. The van der Waals surface area contributed by atoms with E-state index in [4.69, 9.17) is 10.5 Å². The van der Waals surface area contributed by atoms with E-state index in [1.54, 1.807) is 13.2 Å². The quantitative estimate of drug-likeness (QED) is 0.778. The molecule has 0 spiro atoms. The average molecular weight is 264 g/mol. The van der Waals surface area contributed by atoms with Crippen LogP contribution in [0.2, 0.25) is 0 Å². The first-order valence-corrected chi connectivity index (χ1v) is 6.53. The molecule has 104 valence electrons. The van der Waals surface area contributed by atoms with E-state index in [0.29, 0.717) is 30.3 Å². The zero-order valence-corrected chi connectivity index (χ0v) is 11.1. The lowest BCUT2D eigenvalue weighted by Crippen LogP contribution is -2.41. The van der Waals surface area contributed by atoms with Crippen molar-refractivity contribution in [3.8, 4) is 5.88 Å². The Morgan fingerprint density at radius 2 is 2.32 bits per heavy atom. The van der Waals surface area contributed by atoms with Crippen molar-refractivity contribution in [2.75, 3.05) is 13.7 Å². The number of pyridine rings is 1. The summed E-state index contributed by atoms with van der Waals surface area (Å²) in [5, 5.41) is 9.55. The Hall–Kier alpha value is -1.62. The molecule has 0 aromatic carbocycles. The van der Waals surface area contributed by atoms with Gasteiger partial charge in [-0.1, -0.05) is 18.9 Å². The zero-order chi connectivity index (χ0) is 13.9. The normalized spacial score (nSPS) is 17.8. The third-order valence-electron chi connectivity index (χ3n) is 3.73. The fourth-order valence-electron chi connectivity index (χ4n) is 2.37. The lowest BCUT2D eigenvalue weighted by Gasteiger charge is -2.27. The summed E-state index contributed by atoms with van der Waals surface area (Å²) in [6.45, 7) is 0.137. The Bertz CT molecular complexity index is 460. The van der Waals surface area contributed by atoms with E-state index in [1.807, 2.05) is 12.1 Å². The van der Waals surface area contributed by atoms with Crippen molar-refractivity contribution in [3.05, 3.63) is 23.9 Å². The van der Waals surface area contributed by atoms with Crippen molar-refractivity contribution in [2.45, 2.75) is 25.7 Å². The molecule has 1 aromatic heterocycles. The lowest BCUT2D eigenvalue weighted by atomic mass is 9.78. The molecule has 19 heavy (non-hydrogen) atoms. The maximum atomic E-state index is 11.6. The molecule has 0 bridgehead atoms. The summed E-state index contributed by atoms with van der Waals surface area (Å²) < 4.78 is 5.07. The average Bonchev–Trinajstić information content (AvgIpc) is 3.21. The van der Waals surface area contributed by atoms with Gasteiger partial charge in [-0.2, -0.15) is 0 Å². The van der Waals surface area contributed by atoms with E-state index in [0.717, 1.165) is 12.8 Å². The number of hydrogen-bond donors (Lipinski definition) is 2. The molecular formula is C14H20N2O3. The highest BCUT2D eigenvalue weighted by Crippen LogP contribution is 2.41. The van der Waals surface area contributed by atoms with Crippen LogP contribution in [-0.4, -0.2) is 29.7 Å². The monoisotopic (exact) mass is 264 g/mol. The molecule has 2 rings (SSSR count). The van der Waals surface area contributed by atoms with Crippen LogP contribution in [0.5, 0.6) is 5.88 Å². The highest BCUT2D eigenvalue weighted by atomic mass is 16.5. The highest BCUT2D eigenvalue weighted by molar-refractivity contribution is 5.75. The summed E-state index contributed by atoms with van der Waals surface area (Å²) in [4.78, 5) is 15.9. The van der Waals surface area contributed by atoms with Crippen molar-refractivity contribution in [1.29, 1.82) is 0 Å². The number of hydrogen-bond acceptors (Lipinski definition) is 4. The second kappa shape index (κ2) is 5.57. The van der Waals surface area contributed by atoms with Crippen LogP contribution in [0.15, 0.2) is 18.2 Å². The second-order valence-electron chi connectivity index (χ2n) is 5.29. The highest BCUT2D eigenvalue weighted by Gasteiger charge is 2.42. The summed E-state index contributed by atoms with van der Waals surface area (Å²) >= 11 is 0. The number of aromatic nitrogens is 1. The molecule has 1 fully saturated rings. The zero-order valence-electron chi connectivity index (χ0n) is 11.1. The van der Waals surface area contributed by atoms with E-state index in [2.05, 4.69) is 4.98 Å². The van der Waals surface area contributed by atoms with Gasteiger partial charge in [0, 0.05) is 24.7 Å². The van der Waals surface area contributed by atoms with Crippen LogP contribution in [0.3, 0.4) is 0 Å². The van der Waals surface area contributed by atoms with Gasteiger partial charge in [-0.05, 0) is 18.4 Å². The van der Waals surface area contributed by atoms with Gasteiger partial charge < -0.3 is 15.6 Å². The van der Waals surface area contributed by atoms with Gasteiger partial charge in [-0.25, -0.2) is 4.98 Å². The van der Waals surface area contributed by atoms with E-state index < -0.39 is 11.4 Å². The Morgan fingerprint density at radius 1 is 1.58 bits per heavy atom. The number of rotatable bonds is 7. The summed E-state index contributed by atoms with van der Waals surface area (Å²) in [6, 6.07) is 5.39. The summed E-state index contributed by atoms with van der Waals surface area (Å²) in [5.41, 5.74) is 5.58. The van der Waals surface area contributed by atoms with E-state index in [9.17, 15) is 9.90 Å². The van der Waals surface area contributed by atoms with Crippen LogP contribution in [0, 0.1) is 11.3 Å². The predicted octanol–water partition coefficient (Wildman–Crippen LogP) is 1.46. The number of nitrogens with two attached hydrogens (primary N) is 1. The van der Waals surface area contributed by atoms with Gasteiger partial charge in [-0.3, -0.25) is 4.79 Å². The Kier molecular flexibility index (Phi) is 4.04. The molecule has 0 amide bonds. The van der Waals surface area contributed by atoms with Gasteiger partial charge >= 0.3 is 5.97 Å². The molecule has 1 atom stereocenters. The van der Waals surface area contributed by atoms with Crippen molar-refractivity contribution >= 4 is 5.97 Å². The number of ether oxygens (including phenoxy) is 1. The number of aliphatic carboxylic acids is 1. The van der Waals surface area contributed by atoms with Gasteiger partial charge in [0.05, 0.1) is 12.5 Å². The molecule has 1 aliphatic rings. The first-order chi connectivity index (χ1) is 9.09. The number of methoxy groups -OCH3 is 1. The topological polar surface area (TPSA) is 85.4 Å². The first kappa shape index (κ1) is 13.8. The summed E-state index contributed by atoms with van der Waals surface area (Å²) in [5.74, 6) is 0.178. The van der Waals surface area contributed by atoms with Gasteiger partial charge in [-0.15, -0.1) is 0 Å². The molecule has 5 heteroatoms. The molecule has 0 aliphatic heterocycles. The van der Waals surface area contributed by atoms with E-state index in [1.165, 1.54) is 0 Å². The number of carboxylic acid groups (broad SMARTS) is 1. The smallest absolute Gasteiger partial charge is 0.311 e. The van der Waals surface area contributed by atoms with Crippen LogP contribution in [0.25, 0.3) is 0 Å². The molecule has 1 heterocycles. The number of carboxylic acids is 1. The fraction of sp³-hybridized carbons (Fsp3) is 0.571. The minimum atomic E-state index is -0.902. The Labute approximate surface area is 112 Å². The van der Waals surface area contributed by atoms with Crippen molar-refractivity contribution in [2.24, 2.45) is 17.1 Å². The van der Waals surface area contributed by atoms with Crippen molar-refractivity contribution in [1.82, 2.24) is 4.98 Å². The lowest BCUT2D eigenvalue weighted by molar-refractivity contribution is -0.149. The van der Waals surface area contributed by atoms with Gasteiger partial charge in [0.15, 0.2) is 0 Å². The van der Waals surface area contributed by atoms with Crippen LogP contribution in [0.4, 0.5) is 0 Å². The van der Waals surface area contributed by atoms with Crippen LogP contribution in [-0.2, 0) is 11.2 Å². The molecule has 1 aliphatic carbocycles.